The van der Waals surface area contributed by atoms with Crippen LogP contribution in [0.4, 0.5) is 8.78 Å². The monoisotopic (exact) mass is 483 g/mol. The number of aromatic amines is 1. The normalized spacial score (nSPS) is 12.0. The number of aryl methyl sites for hydroxylation is 1. The summed E-state index contributed by atoms with van der Waals surface area (Å²) < 4.78 is 61.6. The highest BCUT2D eigenvalue weighted by molar-refractivity contribution is 7.90. The molecule has 5 aromatic rings. The first-order valence-corrected chi connectivity index (χ1v) is 12.0. The molecule has 5 rings (SSSR count). The molecule has 1 N–H and O–H groups in total. The maximum atomic E-state index is 14.4. The first-order valence-electron chi connectivity index (χ1n) is 10.4. The van der Waals surface area contributed by atoms with E-state index in [4.69, 9.17) is 4.74 Å². The fraction of sp³-hybridized carbons (Fsp3) is 0.125. The zero-order chi connectivity index (χ0) is 24.2. The van der Waals surface area contributed by atoms with E-state index in [2.05, 4.69) is 4.98 Å². The molecule has 7 nitrogen and oxygen atoms in total. The van der Waals surface area contributed by atoms with Crippen LogP contribution in [0.3, 0.4) is 0 Å². The van der Waals surface area contributed by atoms with Gasteiger partial charge in [0.1, 0.15) is 17.1 Å². The van der Waals surface area contributed by atoms with Crippen molar-refractivity contribution >= 4 is 31.8 Å². The maximum absolute atomic E-state index is 14.4. The van der Waals surface area contributed by atoms with Crippen molar-refractivity contribution in [2.75, 3.05) is 5.75 Å². The summed E-state index contributed by atoms with van der Waals surface area (Å²) in [7, 11) is -2.04. The lowest BCUT2D eigenvalue weighted by atomic mass is 10.0. The number of hydrogen-bond donors (Lipinski definition) is 1. The van der Waals surface area contributed by atoms with Crippen molar-refractivity contribution in [2.45, 2.75) is 6.92 Å². The number of nitrogens with one attached hydrogen (secondary N) is 1. The van der Waals surface area contributed by atoms with Crippen LogP contribution < -0.4 is 10.3 Å². The minimum Gasteiger partial charge on any atom is -0.454 e. The van der Waals surface area contributed by atoms with Gasteiger partial charge >= 0.3 is 0 Å². The Morgan fingerprint density at radius 3 is 2.56 bits per heavy atom. The van der Waals surface area contributed by atoms with Gasteiger partial charge in [0, 0.05) is 48.0 Å². The van der Waals surface area contributed by atoms with Crippen molar-refractivity contribution < 1.29 is 21.9 Å². The molecule has 3 aromatic heterocycles. The van der Waals surface area contributed by atoms with Gasteiger partial charge in [-0.25, -0.2) is 21.2 Å². The van der Waals surface area contributed by atoms with Crippen molar-refractivity contribution in [1.29, 1.82) is 0 Å². The maximum Gasteiger partial charge on any atom is 0.274 e. The average Bonchev–Trinajstić information content (AvgIpc) is 3.46. The molecule has 0 saturated carbocycles. The van der Waals surface area contributed by atoms with Crippen molar-refractivity contribution in [2.24, 2.45) is 7.05 Å². The van der Waals surface area contributed by atoms with Gasteiger partial charge in [0.2, 0.25) is 10.0 Å². The van der Waals surface area contributed by atoms with E-state index in [0.29, 0.717) is 39.0 Å². The summed E-state index contributed by atoms with van der Waals surface area (Å²) in [4.78, 5) is 15.4. The van der Waals surface area contributed by atoms with Crippen LogP contribution >= 0.6 is 0 Å². The zero-order valence-electron chi connectivity index (χ0n) is 18.2. The molecule has 174 valence electrons. The van der Waals surface area contributed by atoms with Gasteiger partial charge in [-0.2, -0.15) is 0 Å². The lowest BCUT2D eigenvalue weighted by molar-refractivity contribution is 0.442. The van der Waals surface area contributed by atoms with Crippen molar-refractivity contribution in [3.05, 3.63) is 83.0 Å². The predicted octanol–water partition coefficient (Wildman–Crippen LogP) is 4.76. The number of rotatable bonds is 5. The van der Waals surface area contributed by atoms with Crippen LogP contribution in [-0.2, 0) is 17.1 Å². The topological polar surface area (TPSA) is 86.1 Å². The lowest BCUT2D eigenvalue weighted by Crippen LogP contribution is -2.16. The SMILES string of the molecule is CCS(=O)(=O)n1ccc2c(Oc3ccc(F)cc3F)cc(-c3cn(C)c(=O)c4[nH]ccc34)cc21. The van der Waals surface area contributed by atoms with E-state index in [-0.39, 0.29) is 22.8 Å². The smallest absolute Gasteiger partial charge is 0.274 e. The van der Waals surface area contributed by atoms with Crippen LogP contribution in [0.15, 0.2) is 65.8 Å². The Morgan fingerprint density at radius 2 is 1.82 bits per heavy atom. The number of nitrogens with zero attached hydrogens (tertiary/aromatic N) is 2. The highest BCUT2D eigenvalue weighted by atomic mass is 32.2. The highest BCUT2D eigenvalue weighted by Crippen LogP contribution is 2.38. The molecule has 0 aliphatic heterocycles. The largest absolute Gasteiger partial charge is 0.454 e. The van der Waals surface area contributed by atoms with Crippen LogP contribution in [0.5, 0.6) is 11.5 Å². The molecule has 0 aliphatic carbocycles. The van der Waals surface area contributed by atoms with Crippen LogP contribution in [-0.4, -0.2) is 27.7 Å². The number of aromatic nitrogens is 3. The second-order valence-corrected chi connectivity index (χ2v) is 9.96. The summed E-state index contributed by atoms with van der Waals surface area (Å²) in [5.74, 6) is -1.80. The standard InChI is InChI=1S/C24H19F2N3O4S/c1-3-34(31,32)29-9-7-17-20(29)10-14(11-22(17)33-21-5-4-15(25)12-19(21)26)18-13-28(2)24(30)23-16(18)6-8-27-23/h4-13,27H,3H2,1-2H3. The zero-order valence-corrected chi connectivity index (χ0v) is 19.0. The van der Waals surface area contributed by atoms with Gasteiger partial charge < -0.3 is 14.3 Å². The molecule has 3 heterocycles. The molecule has 0 aliphatic rings. The number of ether oxygens (including phenoxy) is 1. The Balaban J connectivity index is 1.81. The quantitative estimate of drug-likeness (QED) is 0.391. The van der Waals surface area contributed by atoms with E-state index in [9.17, 15) is 22.0 Å². The van der Waals surface area contributed by atoms with Gasteiger partial charge in [-0.3, -0.25) is 4.79 Å². The van der Waals surface area contributed by atoms with Gasteiger partial charge in [-0.1, -0.05) is 0 Å². The number of hydrogen-bond acceptors (Lipinski definition) is 4. The molecule has 10 heteroatoms. The molecular weight excluding hydrogens is 464 g/mol. The number of benzene rings is 2. The summed E-state index contributed by atoms with van der Waals surface area (Å²) >= 11 is 0. The molecule has 0 fully saturated rings. The summed E-state index contributed by atoms with van der Waals surface area (Å²) in [6.07, 6.45) is 4.70. The number of pyridine rings is 1. The lowest BCUT2D eigenvalue weighted by Gasteiger charge is -2.14. The molecule has 0 atom stereocenters. The number of halogens is 2. The minimum absolute atomic E-state index is 0.133. The Bertz CT molecular complexity index is 1750. The van der Waals surface area contributed by atoms with Gasteiger partial charge in [0.25, 0.3) is 5.56 Å². The van der Waals surface area contributed by atoms with E-state index >= 15 is 0 Å². The van der Waals surface area contributed by atoms with Gasteiger partial charge in [-0.05, 0) is 48.9 Å². The van der Waals surface area contributed by atoms with E-state index in [1.807, 2.05) is 0 Å². The third-order valence-electron chi connectivity index (χ3n) is 5.72. The van der Waals surface area contributed by atoms with Gasteiger partial charge in [-0.15, -0.1) is 0 Å². The van der Waals surface area contributed by atoms with Gasteiger partial charge in [0.05, 0.1) is 11.3 Å². The molecule has 34 heavy (non-hydrogen) atoms. The van der Waals surface area contributed by atoms with E-state index < -0.39 is 21.7 Å². The third kappa shape index (κ3) is 3.47. The summed E-state index contributed by atoms with van der Waals surface area (Å²) in [5, 5.41) is 1.07. The molecule has 0 unspecified atom stereocenters. The highest BCUT2D eigenvalue weighted by Gasteiger charge is 2.20. The molecular formula is C24H19F2N3O4S. The summed E-state index contributed by atoms with van der Waals surface area (Å²) in [6, 6.07) is 9.58. The Hall–Kier alpha value is -3.92. The third-order valence-corrected chi connectivity index (χ3v) is 7.37. The van der Waals surface area contributed by atoms with E-state index in [1.165, 1.54) is 23.8 Å². The van der Waals surface area contributed by atoms with Gasteiger partial charge in [0.15, 0.2) is 11.6 Å². The van der Waals surface area contributed by atoms with Crippen LogP contribution in [0, 0.1) is 11.6 Å². The molecule has 2 aromatic carbocycles. The van der Waals surface area contributed by atoms with E-state index in [0.717, 1.165) is 10.0 Å². The number of fused-ring (bicyclic) bond motifs is 2. The van der Waals surface area contributed by atoms with Crippen molar-refractivity contribution in [3.63, 3.8) is 0 Å². The molecule has 0 amide bonds. The van der Waals surface area contributed by atoms with Crippen LogP contribution in [0.1, 0.15) is 6.92 Å². The number of H-pyrrole nitrogens is 1. The second kappa shape index (κ2) is 7.84. The Kier molecular flexibility index (Phi) is 5.05. The average molecular weight is 483 g/mol. The van der Waals surface area contributed by atoms with E-state index in [1.54, 1.807) is 43.7 Å². The fourth-order valence-corrected chi connectivity index (χ4v) is 4.96. The summed E-state index contributed by atoms with van der Waals surface area (Å²) in [5.41, 5.74) is 1.70. The second-order valence-electron chi connectivity index (χ2n) is 7.82. The molecule has 0 saturated heterocycles. The first kappa shape index (κ1) is 21.9. The molecule has 0 radical (unpaired) electrons. The Morgan fingerprint density at radius 1 is 1.03 bits per heavy atom. The summed E-state index contributed by atoms with van der Waals surface area (Å²) in [6.45, 7) is 1.53. The predicted molar refractivity (Wildman–Crippen MR) is 126 cm³/mol. The van der Waals surface area contributed by atoms with Crippen molar-refractivity contribution in [3.8, 4) is 22.6 Å². The fourth-order valence-electron chi connectivity index (χ4n) is 3.98. The first-order chi connectivity index (χ1) is 16.2. The van der Waals surface area contributed by atoms with Crippen molar-refractivity contribution in [1.82, 2.24) is 13.5 Å². The molecule has 0 spiro atoms. The minimum atomic E-state index is -3.65. The molecule has 0 bridgehead atoms. The van der Waals surface area contributed by atoms with Crippen LogP contribution in [0.25, 0.3) is 32.9 Å². The van der Waals surface area contributed by atoms with Crippen LogP contribution in [0.2, 0.25) is 0 Å². The Labute approximate surface area is 192 Å².